The second kappa shape index (κ2) is 4.95. The maximum atomic E-state index is 10.8. The number of hydrogen-bond acceptors (Lipinski definition) is 4. The fraction of sp³-hybridized carbons (Fsp3) is 0.778. The predicted octanol–water partition coefficient (Wildman–Crippen LogP) is -0.153. The van der Waals surface area contributed by atoms with Gasteiger partial charge in [0.05, 0.1) is 0 Å². The summed E-state index contributed by atoms with van der Waals surface area (Å²) in [6.45, 7) is 3.94. The minimum absolute atomic E-state index is 0.235. The molecule has 1 atom stereocenters. The van der Waals surface area contributed by atoms with E-state index in [1.807, 2.05) is 4.90 Å². The van der Waals surface area contributed by atoms with Gasteiger partial charge in [0.2, 0.25) is 0 Å². The Labute approximate surface area is 83.2 Å². The number of nitrogens with zero attached hydrogens (tertiary/aromatic N) is 1. The summed E-state index contributed by atoms with van der Waals surface area (Å²) in [6, 6.07) is 0. The van der Waals surface area contributed by atoms with E-state index in [4.69, 9.17) is 10.5 Å². The minimum Gasteiger partial charge on any atom is -0.439 e. The lowest BCUT2D eigenvalue weighted by atomic mass is 10.1. The van der Waals surface area contributed by atoms with Gasteiger partial charge in [0.25, 0.3) is 0 Å². The maximum Gasteiger partial charge on any atom is 0.398 e. The molecule has 0 aliphatic carbocycles. The first-order valence-electron chi connectivity index (χ1n) is 4.89. The molecule has 2 N–H and O–H groups in total. The zero-order valence-electron chi connectivity index (χ0n) is 8.36. The number of likely N-dealkylation sites (tertiary alicyclic amines) is 1. The number of esters is 1. The summed E-state index contributed by atoms with van der Waals surface area (Å²) >= 11 is 0. The molecular formula is C9H16N2O3. The predicted molar refractivity (Wildman–Crippen MR) is 50.2 cm³/mol. The number of unbranched alkanes of at least 4 members (excludes halogenated alkanes) is 1. The van der Waals surface area contributed by atoms with Crippen LogP contribution in [0.5, 0.6) is 0 Å². The molecule has 0 radical (unpaired) electrons. The molecule has 1 saturated heterocycles. The van der Waals surface area contributed by atoms with E-state index in [0.717, 1.165) is 32.4 Å². The van der Waals surface area contributed by atoms with E-state index in [2.05, 4.69) is 6.92 Å². The van der Waals surface area contributed by atoms with E-state index >= 15 is 0 Å². The van der Waals surface area contributed by atoms with E-state index in [0.29, 0.717) is 0 Å². The monoisotopic (exact) mass is 200 g/mol. The van der Waals surface area contributed by atoms with Crippen LogP contribution in [0.3, 0.4) is 0 Å². The summed E-state index contributed by atoms with van der Waals surface area (Å²) < 4.78 is 4.87. The Morgan fingerprint density at radius 2 is 2.29 bits per heavy atom. The molecule has 14 heavy (non-hydrogen) atoms. The average molecular weight is 200 g/mol. The molecule has 1 amide bonds. The lowest BCUT2D eigenvalue weighted by Gasteiger charge is -2.39. The molecule has 5 nitrogen and oxygen atoms in total. The van der Waals surface area contributed by atoms with Crippen LogP contribution in [0.4, 0.5) is 0 Å². The third kappa shape index (κ3) is 2.70. The molecular weight excluding hydrogens is 184 g/mol. The van der Waals surface area contributed by atoms with Gasteiger partial charge >= 0.3 is 11.9 Å². The molecule has 1 heterocycles. The number of nitrogens with two attached hydrogens (primary N) is 1. The van der Waals surface area contributed by atoms with Crippen LogP contribution in [-0.2, 0) is 14.3 Å². The maximum absolute atomic E-state index is 10.8. The van der Waals surface area contributed by atoms with Crippen LogP contribution in [-0.4, -0.2) is 36.1 Å². The van der Waals surface area contributed by atoms with E-state index < -0.39 is 11.9 Å². The highest BCUT2D eigenvalue weighted by molar-refractivity contribution is 6.31. The van der Waals surface area contributed by atoms with Crippen molar-refractivity contribution in [2.75, 3.05) is 13.1 Å². The molecule has 1 fully saturated rings. The van der Waals surface area contributed by atoms with Crippen molar-refractivity contribution < 1.29 is 14.3 Å². The van der Waals surface area contributed by atoms with Gasteiger partial charge in [-0.25, -0.2) is 4.79 Å². The van der Waals surface area contributed by atoms with Crippen molar-refractivity contribution in [1.29, 1.82) is 0 Å². The third-order valence-electron chi connectivity index (χ3n) is 2.31. The SMILES string of the molecule is CCCCN1CCC1OC(=O)C(N)=O. The molecule has 0 aromatic heterocycles. The molecule has 1 aliphatic rings. The normalized spacial score (nSPS) is 21.4. The first-order chi connectivity index (χ1) is 6.65. The van der Waals surface area contributed by atoms with Crippen molar-refractivity contribution in [2.45, 2.75) is 32.4 Å². The average Bonchev–Trinajstić information content (AvgIpc) is 2.12. The highest BCUT2D eigenvalue weighted by Crippen LogP contribution is 2.18. The van der Waals surface area contributed by atoms with Gasteiger partial charge in [0, 0.05) is 19.5 Å². The smallest absolute Gasteiger partial charge is 0.398 e. The van der Waals surface area contributed by atoms with Crippen LogP contribution < -0.4 is 5.73 Å². The van der Waals surface area contributed by atoms with Crippen molar-refractivity contribution in [3.05, 3.63) is 0 Å². The second-order valence-electron chi connectivity index (χ2n) is 3.40. The van der Waals surface area contributed by atoms with Crippen LogP contribution in [0.2, 0.25) is 0 Å². The highest BCUT2D eigenvalue weighted by atomic mass is 16.6. The topological polar surface area (TPSA) is 72.6 Å². The zero-order chi connectivity index (χ0) is 10.6. The molecule has 0 saturated carbocycles. The summed E-state index contributed by atoms with van der Waals surface area (Å²) in [5, 5.41) is 0. The van der Waals surface area contributed by atoms with Gasteiger partial charge in [0.15, 0.2) is 6.23 Å². The van der Waals surface area contributed by atoms with Gasteiger partial charge in [-0.3, -0.25) is 9.69 Å². The Morgan fingerprint density at radius 1 is 1.57 bits per heavy atom. The van der Waals surface area contributed by atoms with E-state index in [1.54, 1.807) is 0 Å². The molecule has 1 aliphatic heterocycles. The van der Waals surface area contributed by atoms with Gasteiger partial charge < -0.3 is 10.5 Å². The molecule has 0 spiro atoms. The number of carbonyl (C=O) groups excluding carboxylic acids is 2. The highest BCUT2D eigenvalue weighted by Gasteiger charge is 2.31. The third-order valence-corrected chi connectivity index (χ3v) is 2.31. The number of primary amides is 1. The molecule has 1 rings (SSSR count). The lowest BCUT2D eigenvalue weighted by molar-refractivity contribution is -0.176. The van der Waals surface area contributed by atoms with Crippen LogP contribution in [0, 0.1) is 0 Å². The van der Waals surface area contributed by atoms with Crippen molar-refractivity contribution >= 4 is 11.9 Å². The summed E-state index contributed by atoms with van der Waals surface area (Å²) in [6.07, 6.45) is 2.74. The van der Waals surface area contributed by atoms with E-state index in [9.17, 15) is 9.59 Å². The number of hydrogen-bond donors (Lipinski definition) is 1. The first-order valence-corrected chi connectivity index (χ1v) is 4.89. The Balaban J connectivity index is 2.25. The van der Waals surface area contributed by atoms with Crippen molar-refractivity contribution in [3.63, 3.8) is 0 Å². The van der Waals surface area contributed by atoms with Gasteiger partial charge in [-0.15, -0.1) is 0 Å². The lowest BCUT2D eigenvalue weighted by Crippen LogP contribution is -2.51. The molecule has 0 bridgehead atoms. The van der Waals surface area contributed by atoms with Crippen molar-refractivity contribution in [3.8, 4) is 0 Å². The number of carbonyl (C=O) groups is 2. The second-order valence-corrected chi connectivity index (χ2v) is 3.40. The van der Waals surface area contributed by atoms with Crippen molar-refractivity contribution in [1.82, 2.24) is 4.90 Å². The minimum atomic E-state index is -1.02. The molecule has 0 aromatic rings. The van der Waals surface area contributed by atoms with Crippen LogP contribution in [0.1, 0.15) is 26.2 Å². The Morgan fingerprint density at radius 3 is 2.71 bits per heavy atom. The molecule has 80 valence electrons. The van der Waals surface area contributed by atoms with Gasteiger partial charge in [-0.05, 0) is 6.42 Å². The summed E-state index contributed by atoms with van der Waals surface area (Å²) in [5.74, 6) is -1.96. The Kier molecular flexibility index (Phi) is 3.88. The summed E-state index contributed by atoms with van der Waals surface area (Å²) in [5.41, 5.74) is 4.78. The fourth-order valence-electron chi connectivity index (χ4n) is 1.35. The first kappa shape index (κ1) is 11.0. The Bertz CT molecular complexity index is 230. The van der Waals surface area contributed by atoms with Crippen LogP contribution in [0.25, 0.3) is 0 Å². The molecule has 5 heteroatoms. The number of ether oxygens (including phenoxy) is 1. The van der Waals surface area contributed by atoms with Crippen molar-refractivity contribution in [2.24, 2.45) is 5.73 Å². The largest absolute Gasteiger partial charge is 0.439 e. The summed E-state index contributed by atoms with van der Waals surface area (Å²) in [4.78, 5) is 23.3. The number of amides is 1. The van der Waals surface area contributed by atoms with Gasteiger partial charge in [0.1, 0.15) is 0 Å². The van der Waals surface area contributed by atoms with Crippen LogP contribution >= 0.6 is 0 Å². The van der Waals surface area contributed by atoms with E-state index in [-0.39, 0.29) is 6.23 Å². The Hall–Kier alpha value is -1.10. The van der Waals surface area contributed by atoms with Crippen LogP contribution in [0.15, 0.2) is 0 Å². The quantitative estimate of drug-likeness (QED) is 0.506. The van der Waals surface area contributed by atoms with E-state index in [1.165, 1.54) is 0 Å². The molecule has 0 aromatic carbocycles. The van der Waals surface area contributed by atoms with Gasteiger partial charge in [-0.2, -0.15) is 0 Å². The zero-order valence-corrected chi connectivity index (χ0v) is 8.36. The summed E-state index contributed by atoms with van der Waals surface area (Å²) in [7, 11) is 0. The number of rotatable bonds is 4. The molecule has 1 unspecified atom stereocenters. The fourth-order valence-corrected chi connectivity index (χ4v) is 1.35. The standard InChI is InChI=1S/C9H16N2O3/c1-2-3-5-11-6-4-7(11)14-9(13)8(10)12/h7H,2-6H2,1H3,(H2,10,12). The van der Waals surface area contributed by atoms with Gasteiger partial charge in [-0.1, -0.05) is 13.3 Å².